The minimum absolute atomic E-state index is 0.0699. The van der Waals surface area contributed by atoms with Crippen LogP contribution in [-0.2, 0) is 16.4 Å². The minimum atomic E-state index is -3.95. The van der Waals surface area contributed by atoms with Crippen LogP contribution in [0.3, 0.4) is 0 Å². The van der Waals surface area contributed by atoms with Gasteiger partial charge in [-0.3, -0.25) is 10.1 Å². The monoisotopic (exact) mass is 493 g/mol. The second kappa shape index (κ2) is 8.74. The molecule has 9 heteroatoms. The highest BCUT2D eigenvalue weighted by Gasteiger charge is 2.43. The van der Waals surface area contributed by atoms with E-state index in [1.807, 2.05) is 18.2 Å². The summed E-state index contributed by atoms with van der Waals surface area (Å²) < 4.78 is 29.5. The molecule has 1 saturated carbocycles. The molecule has 1 aliphatic carbocycles. The predicted molar refractivity (Wildman–Crippen MR) is 118 cm³/mol. The lowest BCUT2D eigenvalue weighted by Crippen LogP contribution is -2.39. The molecule has 1 N–H and O–H groups in total. The fourth-order valence-corrected chi connectivity index (χ4v) is 6.52. The Morgan fingerprint density at radius 2 is 1.73 bits per heavy atom. The van der Waals surface area contributed by atoms with E-state index in [0.29, 0.717) is 12.5 Å². The van der Waals surface area contributed by atoms with Gasteiger partial charge in [-0.1, -0.05) is 46.3 Å². The van der Waals surface area contributed by atoms with Gasteiger partial charge in [-0.15, -0.1) is 0 Å². The topological polar surface area (TPSA) is 92.5 Å². The van der Waals surface area contributed by atoms with Gasteiger partial charge in [0.2, 0.25) is 10.0 Å². The average molecular weight is 494 g/mol. The normalized spacial score (nSPS) is 21.8. The van der Waals surface area contributed by atoms with Crippen molar-refractivity contribution in [3.8, 4) is 0 Å². The molecule has 0 unspecified atom stereocenters. The Labute approximate surface area is 184 Å². The van der Waals surface area contributed by atoms with E-state index in [1.165, 1.54) is 34.1 Å². The molecule has 1 heterocycles. The van der Waals surface area contributed by atoms with Crippen LogP contribution in [-0.4, -0.2) is 43.3 Å². The molecular weight excluding hydrogens is 470 g/mol. The van der Waals surface area contributed by atoms with Gasteiger partial charge in [-0.2, -0.15) is 4.31 Å². The highest BCUT2D eigenvalue weighted by Crippen LogP contribution is 2.37. The van der Waals surface area contributed by atoms with Crippen LogP contribution < -0.4 is 5.32 Å². The van der Waals surface area contributed by atoms with Crippen molar-refractivity contribution >= 4 is 31.6 Å². The van der Waals surface area contributed by atoms with Crippen molar-refractivity contribution in [1.82, 2.24) is 9.62 Å². The number of hydrogen-bond acceptors (Lipinski definition) is 5. The molecule has 30 heavy (non-hydrogen) atoms. The van der Waals surface area contributed by atoms with Crippen molar-refractivity contribution in [2.75, 3.05) is 19.6 Å². The number of halogens is 1. The van der Waals surface area contributed by atoms with Crippen LogP contribution >= 0.6 is 15.9 Å². The van der Waals surface area contributed by atoms with Gasteiger partial charge in [-0.05, 0) is 61.9 Å². The van der Waals surface area contributed by atoms with Gasteiger partial charge < -0.3 is 5.32 Å². The molecule has 0 aromatic heterocycles. The summed E-state index contributed by atoms with van der Waals surface area (Å²) in [4.78, 5) is 10.6. The van der Waals surface area contributed by atoms with E-state index in [9.17, 15) is 18.5 Å². The van der Waals surface area contributed by atoms with E-state index in [4.69, 9.17) is 0 Å². The van der Waals surface area contributed by atoms with Crippen molar-refractivity contribution in [2.45, 2.75) is 30.2 Å². The molecule has 0 bridgehead atoms. The first-order valence-corrected chi connectivity index (χ1v) is 12.3. The lowest BCUT2D eigenvalue weighted by molar-refractivity contribution is -0.387. The van der Waals surface area contributed by atoms with Gasteiger partial charge in [0.15, 0.2) is 4.90 Å². The summed E-state index contributed by atoms with van der Waals surface area (Å²) in [6, 6.07) is 13.6. The lowest BCUT2D eigenvalue weighted by Gasteiger charge is -2.28. The van der Waals surface area contributed by atoms with Crippen LogP contribution in [0.2, 0.25) is 0 Å². The van der Waals surface area contributed by atoms with Crippen LogP contribution in [0.25, 0.3) is 0 Å². The highest BCUT2D eigenvalue weighted by molar-refractivity contribution is 9.10. The first kappa shape index (κ1) is 21.4. The quantitative estimate of drug-likeness (QED) is 0.447. The molecule has 2 aromatic carbocycles. The van der Waals surface area contributed by atoms with Crippen LogP contribution in [0.5, 0.6) is 0 Å². The molecule has 0 amide bonds. The van der Waals surface area contributed by atoms with Gasteiger partial charge in [0.05, 0.1) is 4.92 Å². The maximum absolute atomic E-state index is 13.4. The lowest BCUT2D eigenvalue weighted by atomic mass is 9.89. The summed E-state index contributed by atoms with van der Waals surface area (Å²) >= 11 is 3.60. The SMILES string of the molecule is O=[N+]([O-])c1ccccc1S(=O)(=O)N(C[C@@H]1CNC[C@H]1Cc1ccccc1Br)C1CC1. The largest absolute Gasteiger partial charge is 0.316 e. The van der Waals surface area contributed by atoms with E-state index in [-0.39, 0.29) is 22.5 Å². The van der Waals surface area contributed by atoms with Crippen molar-refractivity contribution in [3.05, 3.63) is 68.7 Å². The third-order valence-corrected chi connectivity index (χ3v) is 8.68. The Hall–Kier alpha value is -1.81. The average Bonchev–Trinajstić information content (AvgIpc) is 3.47. The molecule has 1 aliphatic heterocycles. The molecule has 2 fully saturated rings. The van der Waals surface area contributed by atoms with E-state index >= 15 is 0 Å². The van der Waals surface area contributed by atoms with Gasteiger partial charge in [0, 0.05) is 23.1 Å². The van der Waals surface area contributed by atoms with E-state index < -0.39 is 14.9 Å². The summed E-state index contributed by atoms with van der Waals surface area (Å²) in [6.07, 6.45) is 2.45. The van der Waals surface area contributed by atoms with Crippen LogP contribution in [0, 0.1) is 22.0 Å². The van der Waals surface area contributed by atoms with Crippen molar-refractivity contribution in [1.29, 1.82) is 0 Å². The van der Waals surface area contributed by atoms with Crippen LogP contribution in [0.1, 0.15) is 18.4 Å². The number of nitro benzene ring substituents is 1. The second-order valence-electron chi connectivity index (χ2n) is 8.00. The number of nitro groups is 1. The first-order chi connectivity index (χ1) is 14.4. The zero-order valence-corrected chi connectivity index (χ0v) is 18.8. The Kier molecular flexibility index (Phi) is 6.24. The summed E-state index contributed by atoms with van der Waals surface area (Å²) in [5, 5.41) is 14.8. The van der Waals surface area contributed by atoms with E-state index in [0.717, 1.165) is 36.8 Å². The number of nitrogens with zero attached hydrogens (tertiary/aromatic N) is 2. The minimum Gasteiger partial charge on any atom is -0.316 e. The Morgan fingerprint density at radius 3 is 2.43 bits per heavy atom. The Morgan fingerprint density at radius 1 is 1.07 bits per heavy atom. The smallest absolute Gasteiger partial charge is 0.289 e. The molecule has 4 rings (SSSR count). The number of sulfonamides is 1. The maximum atomic E-state index is 13.4. The van der Waals surface area contributed by atoms with Crippen LogP contribution in [0.15, 0.2) is 57.9 Å². The molecular formula is C21H24BrN3O4S. The molecule has 2 atom stereocenters. The number of benzene rings is 2. The molecule has 2 aromatic rings. The number of nitrogens with one attached hydrogen (secondary N) is 1. The fraction of sp³-hybridized carbons (Fsp3) is 0.429. The molecule has 160 valence electrons. The molecule has 2 aliphatic rings. The molecule has 0 radical (unpaired) electrons. The third kappa shape index (κ3) is 4.44. The summed E-state index contributed by atoms with van der Waals surface area (Å²) in [6.45, 7) is 1.95. The van der Waals surface area contributed by atoms with Crippen molar-refractivity contribution in [2.24, 2.45) is 11.8 Å². The Balaban J connectivity index is 1.58. The highest BCUT2D eigenvalue weighted by atomic mass is 79.9. The number of hydrogen-bond donors (Lipinski definition) is 1. The summed E-state index contributed by atoms with van der Waals surface area (Å²) in [7, 11) is -3.95. The van der Waals surface area contributed by atoms with Gasteiger partial charge in [-0.25, -0.2) is 8.42 Å². The van der Waals surface area contributed by atoms with E-state index in [2.05, 4.69) is 27.3 Å². The van der Waals surface area contributed by atoms with Gasteiger partial charge in [0.1, 0.15) is 0 Å². The Bertz CT molecular complexity index is 1040. The number of rotatable bonds is 8. The number of para-hydroxylation sites is 1. The van der Waals surface area contributed by atoms with Gasteiger partial charge >= 0.3 is 0 Å². The molecule has 0 spiro atoms. The first-order valence-electron chi connectivity index (χ1n) is 10.1. The molecule has 7 nitrogen and oxygen atoms in total. The van der Waals surface area contributed by atoms with E-state index in [1.54, 1.807) is 0 Å². The maximum Gasteiger partial charge on any atom is 0.289 e. The molecule has 1 saturated heterocycles. The summed E-state index contributed by atoms with van der Waals surface area (Å²) in [5.41, 5.74) is 0.841. The predicted octanol–water partition coefficient (Wildman–Crippen LogP) is 3.59. The second-order valence-corrected chi connectivity index (χ2v) is 10.7. The standard InChI is InChI=1S/C21H24BrN3O4S/c22-19-6-2-1-5-15(19)11-16-12-23-13-17(16)14-24(18-9-10-18)30(28,29)21-8-4-3-7-20(21)25(26)27/h1-8,16-18,23H,9-14H2/t16-,17+/m1/s1. The van der Waals surface area contributed by atoms with Gasteiger partial charge in [0.25, 0.3) is 5.69 Å². The third-order valence-electron chi connectivity index (χ3n) is 5.94. The fourth-order valence-electron chi connectivity index (χ4n) is 4.18. The zero-order chi connectivity index (χ0) is 21.3. The van der Waals surface area contributed by atoms with Crippen molar-refractivity contribution in [3.63, 3.8) is 0 Å². The van der Waals surface area contributed by atoms with Crippen LogP contribution in [0.4, 0.5) is 5.69 Å². The zero-order valence-electron chi connectivity index (χ0n) is 16.4. The van der Waals surface area contributed by atoms with Crippen molar-refractivity contribution < 1.29 is 13.3 Å². The summed E-state index contributed by atoms with van der Waals surface area (Å²) in [5.74, 6) is 0.446.